The van der Waals surface area contributed by atoms with Gasteiger partial charge in [-0.15, -0.1) is 0 Å². The van der Waals surface area contributed by atoms with E-state index in [2.05, 4.69) is 12.1 Å². The van der Waals surface area contributed by atoms with Crippen LogP contribution in [0.4, 0.5) is 0 Å². The number of cyclic esters (lactones) is 1. The predicted molar refractivity (Wildman–Crippen MR) is 105 cm³/mol. The van der Waals surface area contributed by atoms with Gasteiger partial charge in [-0.1, -0.05) is 53.0 Å². The Morgan fingerprint density at radius 1 is 0.923 bits per heavy atom. The van der Waals surface area contributed by atoms with Crippen LogP contribution in [0.2, 0.25) is 15.1 Å². The molecule has 0 amide bonds. The lowest BCUT2D eigenvalue weighted by Gasteiger charge is -2.40. The van der Waals surface area contributed by atoms with E-state index in [9.17, 15) is 4.79 Å². The summed E-state index contributed by atoms with van der Waals surface area (Å²) in [5, 5.41) is 2.01. The Balaban J connectivity index is 1.81. The lowest BCUT2D eigenvalue weighted by atomic mass is 9.62. The lowest BCUT2D eigenvalue weighted by molar-refractivity contribution is -0.143. The molecule has 5 atom stereocenters. The number of ether oxygens (including phenoxy) is 1. The molecule has 1 heterocycles. The Morgan fingerprint density at radius 2 is 1.58 bits per heavy atom. The van der Waals surface area contributed by atoms with Crippen molar-refractivity contribution in [1.29, 1.82) is 0 Å². The molecule has 5 unspecified atom stereocenters. The molecule has 0 spiro atoms. The highest BCUT2D eigenvalue weighted by molar-refractivity contribution is 6.35. The van der Waals surface area contributed by atoms with E-state index in [1.807, 2.05) is 31.2 Å². The second kappa shape index (κ2) is 7.07. The number of benzene rings is 2. The molecule has 136 valence electrons. The molecule has 2 nitrogen and oxygen atoms in total. The van der Waals surface area contributed by atoms with Crippen LogP contribution < -0.4 is 0 Å². The summed E-state index contributed by atoms with van der Waals surface area (Å²) < 4.78 is 5.60. The maximum absolute atomic E-state index is 12.3. The van der Waals surface area contributed by atoms with Crippen molar-refractivity contribution in [2.75, 3.05) is 0 Å². The van der Waals surface area contributed by atoms with Gasteiger partial charge in [0.25, 0.3) is 0 Å². The Bertz CT molecular complexity index is 834. The zero-order valence-corrected chi connectivity index (χ0v) is 16.6. The first-order valence-electron chi connectivity index (χ1n) is 8.86. The minimum absolute atomic E-state index is 0.0481. The molecule has 5 heteroatoms. The first-order valence-corrected chi connectivity index (χ1v) is 10.00. The zero-order chi connectivity index (χ0) is 18.4. The maximum atomic E-state index is 12.3. The van der Waals surface area contributed by atoms with E-state index in [0.29, 0.717) is 15.1 Å². The normalized spacial score (nSPS) is 30.8. The number of carbonyl (C=O) groups is 1. The van der Waals surface area contributed by atoms with Gasteiger partial charge in [0, 0.05) is 21.0 Å². The Morgan fingerprint density at radius 3 is 2.27 bits per heavy atom. The molecule has 0 N–H and O–H groups in total. The van der Waals surface area contributed by atoms with Crippen LogP contribution in [0.3, 0.4) is 0 Å². The molecular formula is C21H19Cl3O2. The molecule has 1 aliphatic heterocycles. The average molecular weight is 410 g/mol. The first-order chi connectivity index (χ1) is 12.5. The zero-order valence-electron chi connectivity index (χ0n) is 14.3. The van der Waals surface area contributed by atoms with E-state index in [1.165, 1.54) is 5.56 Å². The number of esters is 1. The summed E-state index contributed by atoms with van der Waals surface area (Å²) in [5.41, 5.74) is 2.26. The topological polar surface area (TPSA) is 26.3 Å². The van der Waals surface area contributed by atoms with E-state index >= 15 is 0 Å². The number of carbonyl (C=O) groups excluding carboxylic acids is 1. The number of hydrogen-bond acceptors (Lipinski definition) is 2. The summed E-state index contributed by atoms with van der Waals surface area (Å²) in [5.74, 6) is 0.370. The molecule has 2 aliphatic rings. The molecule has 26 heavy (non-hydrogen) atoms. The van der Waals surface area contributed by atoms with Crippen molar-refractivity contribution in [3.05, 3.63) is 68.7 Å². The molecule has 2 aromatic carbocycles. The third-order valence-electron chi connectivity index (χ3n) is 5.87. The van der Waals surface area contributed by atoms with E-state index in [4.69, 9.17) is 39.5 Å². The van der Waals surface area contributed by atoms with Crippen molar-refractivity contribution in [1.82, 2.24) is 0 Å². The molecule has 4 rings (SSSR count). The van der Waals surface area contributed by atoms with Gasteiger partial charge in [0.2, 0.25) is 0 Å². The number of hydrogen-bond donors (Lipinski definition) is 0. The Kier molecular flexibility index (Phi) is 4.94. The third-order valence-corrected chi connectivity index (χ3v) is 6.68. The molecule has 0 aromatic heterocycles. The van der Waals surface area contributed by atoms with Crippen molar-refractivity contribution >= 4 is 40.8 Å². The number of fused-ring (bicyclic) bond motifs is 1. The van der Waals surface area contributed by atoms with E-state index in [-0.39, 0.29) is 35.7 Å². The van der Waals surface area contributed by atoms with Gasteiger partial charge in [-0.25, -0.2) is 0 Å². The smallest absolute Gasteiger partial charge is 0.309 e. The van der Waals surface area contributed by atoms with Crippen molar-refractivity contribution in [2.24, 2.45) is 11.8 Å². The minimum atomic E-state index is -0.109. The summed E-state index contributed by atoms with van der Waals surface area (Å²) in [6, 6.07) is 13.6. The Hall–Kier alpha value is -1.22. The van der Waals surface area contributed by atoms with Crippen LogP contribution in [0.15, 0.2) is 42.5 Å². The summed E-state index contributed by atoms with van der Waals surface area (Å²) in [6.45, 7) is 2.00. The fourth-order valence-corrected chi connectivity index (χ4v) is 5.46. The van der Waals surface area contributed by atoms with Crippen LogP contribution in [0.25, 0.3) is 0 Å². The standard InChI is InChI=1S/C21H19Cl3O2/c1-11-19-17(21(25)26-11)9-8-16(15-7-6-14(23)10-18(15)24)20(19)12-2-4-13(22)5-3-12/h2-7,10-11,16-17,19-20H,8-9H2,1H3. The van der Waals surface area contributed by atoms with Gasteiger partial charge < -0.3 is 4.74 Å². The molecular weight excluding hydrogens is 391 g/mol. The van der Waals surface area contributed by atoms with Crippen LogP contribution in [0.5, 0.6) is 0 Å². The van der Waals surface area contributed by atoms with Crippen LogP contribution in [-0.2, 0) is 9.53 Å². The molecule has 2 aromatic rings. The van der Waals surface area contributed by atoms with Gasteiger partial charge >= 0.3 is 5.97 Å². The highest BCUT2D eigenvalue weighted by atomic mass is 35.5. The van der Waals surface area contributed by atoms with Gasteiger partial charge in [0.05, 0.1) is 5.92 Å². The van der Waals surface area contributed by atoms with Crippen molar-refractivity contribution in [3.63, 3.8) is 0 Å². The van der Waals surface area contributed by atoms with Gasteiger partial charge in [-0.2, -0.15) is 0 Å². The van der Waals surface area contributed by atoms with Crippen molar-refractivity contribution in [3.8, 4) is 0 Å². The summed E-state index contributed by atoms with van der Waals surface area (Å²) in [7, 11) is 0. The summed E-state index contributed by atoms with van der Waals surface area (Å²) in [4.78, 5) is 12.3. The molecule has 1 saturated carbocycles. The molecule has 0 bridgehead atoms. The van der Waals surface area contributed by atoms with Gasteiger partial charge in [0.15, 0.2) is 0 Å². The van der Waals surface area contributed by atoms with Gasteiger partial charge in [0.1, 0.15) is 6.10 Å². The lowest BCUT2D eigenvalue weighted by Crippen LogP contribution is -2.35. The summed E-state index contributed by atoms with van der Waals surface area (Å²) >= 11 is 18.7. The second-order valence-electron chi connectivity index (χ2n) is 7.25. The monoisotopic (exact) mass is 408 g/mol. The van der Waals surface area contributed by atoms with Gasteiger partial charge in [-0.05, 0) is 67.0 Å². The van der Waals surface area contributed by atoms with Crippen LogP contribution >= 0.6 is 34.8 Å². The van der Waals surface area contributed by atoms with E-state index < -0.39 is 0 Å². The van der Waals surface area contributed by atoms with Crippen molar-refractivity contribution in [2.45, 2.75) is 37.7 Å². The fourth-order valence-electron chi connectivity index (χ4n) is 4.78. The predicted octanol–water partition coefficient (Wildman–Crippen LogP) is 6.49. The molecule has 2 fully saturated rings. The largest absolute Gasteiger partial charge is 0.462 e. The van der Waals surface area contributed by atoms with E-state index in [0.717, 1.165) is 18.4 Å². The average Bonchev–Trinajstić information content (AvgIpc) is 2.90. The minimum Gasteiger partial charge on any atom is -0.462 e. The van der Waals surface area contributed by atoms with E-state index in [1.54, 1.807) is 6.07 Å². The van der Waals surface area contributed by atoms with Crippen LogP contribution in [-0.4, -0.2) is 12.1 Å². The molecule has 1 saturated heterocycles. The number of halogens is 3. The molecule has 0 radical (unpaired) electrons. The molecule has 1 aliphatic carbocycles. The SMILES string of the molecule is CC1OC(=O)C2CCC(c3ccc(Cl)cc3Cl)C(c3ccc(Cl)cc3)C12. The highest BCUT2D eigenvalue weighted by Crippen LogP contribution is 2.55. The second-order valence-corrected chi connectivity index (χ2v) is 8.53. The number of rotatable bonds is 2. The fraction of sp³-hybridized carbons (Fsp3) is 0.381. The van der Waals surface area contributed by atoms with Crippen molar-refractivity contribution < 1.29 is 9.53 Å². The quantitative estimate of drug-likeness (QED) is 0.530. The van der Waals surface area contributed by atoms with Crippen LogP contribution in [0.1, 0.15) is 42.7 Å². The Labute approximate surface area is 168 Å². The highest BCUT2D eigenvalue weighted by Gasteiger charge is 2.52. The summed E-state index contributed by atoms with van der Waals surface area (Å²) in [6.07, 6.45) is 1.60. The first kappa shape index (κ1) is 18.2. The maximum Gasteiger partial charge on any atom is 0.309 e. The third kappa shape index (κ3) is 3.13. The van der Waals surface area contributed by atoms with Gasteiger partial charge in [-0.3, -0.25) is 4.79 Å². The van der Waals surface area contributed by atoms with Crippen LogP contribution in [0, 0.1) is 11.8 Å².